The van der Waals surface area contributed by atoms with E-state index in [-0.39, 0.29) is 11.4 Å². The van der Waals surface area contributed by atoms with Gasteiger partial charge in [0.15, 0.2) is 5.76 Å². The largest absolute Gasteiger partial charge is 0.505 e. The number of carbonyl (C=O) groups is 2. The molecule has 3 N–H and O–H groups in total. The van der Waals surface area contributed by atoms with Crippen LogP contribution in [0.15, 0.2) is 76.6 Å². The van der Waals surface area contributed by atoms with E-state index >= 15 is 0 Å². The molecule has 2 aromatic carbocycles. The van der Waals surface area contributed by atoms with E-state index in [9.17, 15) is 19.8 Å². The summed E-state index contributed by atoms with van der Waals surface area (Å²) in [5.74, 6) is -1.96. The van der Waals surface area contributed by atoms with Crippen molar-refractivity contribution in [2.24, 2.45) is 4.99 Å². The van der Waals surface area contributed by atoms with E-state index < -0.39 is 28.8 Å². The number of aliphatic imine (C=N–C) groups is 1. The molecule has 0 fully saturated rings. The van der Waals surface area contributed by atoms with Gasteiger partial charge in [-0.3, -0.25) is 4.79 Å². The van der Waals surface area contributed by atoms with E-state index in [0.717, 1.165) is 6.08 Å². The van der Waals surface area contributed by atoms with Crippen LogP contribution < -0.4 is 14.8 Å². The number of ketones is 1. The Bertz CT molecular complexity index is 1070. The molecule has 29 heavy (non-hydrogen) atoms. The van der Waals surface area contributed by atoms with Gasteiger partial charge < -0.3 is 25.0 Å². The van der Waals surface area contributed by atoms with Crippen molar-refractivity contribution in [1.29, 1.82) is 0 Å². The minimum atomic E-state index is -1.49. The number of rotatable bonds is 6. The van der Waals surface area contributed by atoms with Crippen LogP contribution in [-0.2, 0) is 9.59 Å². The van der Waals surface area contributed by atoms with Gasteiger partial charge in [-0.15, -0.1) is 0 Å². The fourth-order valence-electron chi connectivity index (χ4n) is 2.78. The number of ether oxygens (including phenoxy) is 2. The van der Waals surface area contributed by atoms with Gasteiger partial charge in [0.25, 0.3) is 0 Å². The number of methoxy groups -OCH3 is 2. The van der Waals surface area contributed by atoms with E-state index in [1.54, 1.807) is 48.5 Å². The number of aliphatic hydroxyl groups is 1. The van der Waals surface area contributed by atoms with Crippen LogP contribution in [0.2, 0.25) is 0 Å². The molecule has 0 saturated heterocycles. The SMILES string of the molecule is COc1ccccc1N=C1C(=O)C=C(Nc2ccccc2OC)C(O)=C1C(=O)O. The van der Waals surface area contributed by atoms with E-state index in [0.29, 0.717) is 17.2 Å². The van der Waals surface area contributed by atoms with E-state index in [2.05, 4.69) is 10.3 Å². The van der Waals surface area contributed by atoms with Gasteiger partial charge in [-0.25, -0.2) is 9.79 Å². The number of para-hydroxylation sites is 4. The zero-order chi connectivity index (χ0) is 21.0. The number of nitrogens with zero attached hydrogens (tertiary/aromatic N) is 1. The molecular weight excluding hydrogens is 376 g/mol. The number of hydrogen-bond acceptors (Lipinski definition) is 7. The summed E-state index contributed by atoms with van der Waals surface area (Å²) in [5.41, 5.74) is -0.364. The molecule has 8 heteroatoms. The predicted octanol–water partition coefficient (Wildman–Crippen LogP) is 3.25. The standard InChI is InChI=1S/C21H18N2O6/c1-28-16-9-5-3-7-12(16)22-14-11-15(24)19(18(20(14)25)21(26)27)23-13-8-4-6-10-17(13)29-2/h3-11,22,25H,1-2H3,(H,26,27). The molecule has 1 aliphatic carbocycles. The maximum atomic E-state index is 12.7. The third-order valence-electron chi connectivity index (χ3n) is 4.15. The summed E-state index contributed by atoms with van der Waals surface area (Å²) in [6.45, 7) is 0. The molecular formula is C21H18N2O6. The lowest BCUT2D eigenvalue weighted by atomic mass is 9.97. The number of hydrogen-bond donors (Lipinski definition) is 3. The average molecular weight is 394 g/mol. The molecule has 0 amide bonds. The van der Waals surface area contributed by atoms with Crippen molar-refractivity contribution >= 4 is 28.8 Å². The summed E-state index contributed by atoms with van der Waals surface area (Å²) in [7, 11) is 2.90. The Morgan fingerprint density at radius 1 is 1.00 bits per heavy atom. The zero-order valence-corrected chi connectivity index (χ0v) is 15.7. The Labute approximate surface area is 166 Å². The zero-order valence-electron chi connectivity index (χ0n) is 15.7. The molecule has 8 nitrogen and oxygen atoms in total. The van der Waals surface area contributed by atoms with Gasteiger partial charge in [0, 0.05) is 6.08 Å². The van der Waals surface area contributed by atoms with Crippen molar-refractivity contribution in [1.82, 2.24) is 0 Å². The highest BCUT2D eigenvalue weighted by molar-refractivity contribution is 6.56. The van der Waals surface area contributed by atoms with Gasteiger partial charge in [0.2, 0.25) is 5.78 Å². The highest BCUT2D eigenvalue weighted by atomic mass is 16.5. The Kier molecular flexibility index (Phi) is 5.64. The third-order valence-corrected chi connectivity index (χ3v) is 4.15. The average Bonchev–Trinajstić information content (AvgIpc) is 2.72. The molecule has 0 radical (unpaired) electrons. The van der Waals surface area contributed by atoms with Crippen molar-refractivity contribution in [3.8, 4) is 11.5 Å². The highest BCUT2D eigenvalue weighted by Gasteiger charge is 2.32. The molecule has 148 valence electrons. The van der Waals surface area contributed by atoms with Crippen molar-refractivity contribution < 1.29 is 29.3 Å². The fourth-order valence-corrected chi connectivity index (χ4v) is 2.78. The number of allylic oxidation sites excluding steroid dienone is 1. The van der Waals surface area contributed by atoms with Gasteiger partial charge in [-0.05, 0) is 24.3 Å². The Morgan fingerprint density at radius 3 is 2.28 bits per heavy atom. The van der Waals surface area contributed by atoms with Crippen LogP contribution in [0.3, 0.4) is 0 Å². The monoisotopic (exact) mass is 394 g/mol. The minimum absolute atomic E-state index is 0.0733. The van der Waals surface area contributed by atoms with Crippen LogP contribution in [0.1, 0.15) is 0 Å². The highest BCUT2D eigenvalue weighted by Crippen LogP contribution is 2.31. The number of anilines is 1. The second-order valence-corrected chi connectivity index (χ2v) is 5.91. The van der Waals surface area contributed by atoms with E-state index in [1.165, 1.54) is 14.2 Å². The number of carboxylic acids is 1. The van der Waals surface area contributed by atoms with Crippen LogP contribution in [0.5, 0.6) is 11.5 Å². The van der Waals surface area contributed by atoms with E-state index in [1.807, 2.05) is 0 Å². The van der Waals surface area contributed by atoms with Crippen LogP contribution in [-0.4, -0.2) is 41.9 Å². The van der Waals surface area contributed by atoms with Gasteiger partial charge >= 0.3 is 5.97 Å². The number of aliphatic carboxylic acids is 1. The summed E-state index contributed by atoms with van der Waals surface area (Å²) < 4.78 is 10.4. The molecule has 0 aromatic heterocycles. The second-order valence-electron chi connectivity index (χ2n) is 5.91. The van der Waals surface area contributed by atoms with Crippen molar-refractivity contribution in [2.45, 2.75) is 0 Å². The Hall–Kier alpha value is -4.07. The molecule has 0 bridgehead atoms. The summed E-state index contributed by atoms with van der Waals surface area (Å²) >= 11 is 0. The van der Waals surface area contributed by atoms with Gasteiger partial charge in [-0.2, -0.15) is 0 Å². The molecule has 3 rings (SSSR count). The lowest BCUT2D eigenvalue weighted by Gasteiger charge is -2.19. The van der Waals surface area contributed by atoms with Crippen LogP contribution in [0, 0.1) is 0 Å². The lowest BCUT2D eigenvalue weighted by molar-refractivity contribution is -0.132. The first-order valence-corrected chi connectivity index (χ1v) is 8.51. The van der Waals surface area contributed by atoms with Gasteiger partial charge in [0.05, 0.1) is 25.6 Å². The number of carboxylic acid groups (broad SMARTS) is 1. The first-order valence-electron chi connectivity index (χ1n) is 8.51. The number of carbonyl (C=O) groups excluding carboxylic acids is 1. The molecule has 2 aromatic rings. The molecule has 0 spiro atoms. The Morgan fingerprint density at radius 2 is 1.62 bits per heavy atom. The summed E-state index contributed by atoms with van der Waals surface area (Å²) in [6.07, 6.45) is 1.09. The minimum Gasteiger partial charge on any atom is -0.505 e. The topological polar surface area (TPSA) is 117 Å². The molecule has 1 aliphatic rings. The van der Waals surface area contributed by atoms with Crippen molar-refractivity contribution in [2.75, 3.05) is 19.5 Å². The summed E-state index contributed by atoms with van der Waals surface area (Å²) in [6, 6.07) is 13.4. The summed E-state index contributed by atoms with van der Waals surface area (Å²) in [5, 5.41) is 23.0. The maximum Gasteiger partial charge on any atom is 0.341 e. The lowest BCUT2D eigenvalue weighted by Crippen LogP contribution is -2.28. The smallest absolute Gasteiger partial charge is 0.341 e. The first kappa shape index (κ1) is 19.7. The second kappa shape index (κ2) is 8.30. The van der Waals surface area contributed by atoms with Gasteiger partial charge in [0.1, 0.15) is 28.5 Å². The first-order chi connectivity index (χ1) is 14.0. The molecule has 0 heterocycles. The van der Waals surface area contributed by atoms with Crippen molar-refractivity contribution in [3.63, 3.8) is 0 Å². The fraction of sp³-hybridized carbons (Fsp3) is 0.0952. The van der Waals surface area contributed by atoms with Crippen LogP contribution >= 0.6 is 0 Å². The van der Waals surface area contributed by atoms with Crippen LogP contribution in [0.4, 0.5) is 11.4 Å². The molecule has 0 unspecified atom stereocenters. The normalized spacial score (nSPS) is 15.2. The quantitative estimate of drug-likeness (QED) is 0.644. The maximum absolute atomic E-state index is 12.7. The van der Waals surface area contributed by atoms with E-state index in [4.69, 9.17) is 9.47 Å². The molecule has 0 saturated carbocycles. The molecule has 0 aliphatic heterocycles. The number of aliphatic hydroxyl groups excluding tert-OH is 1. The van der Waals surface area contributed by atoms with Crippen molar-refractivity contribution in [3.05, 3.63) is 71.6 Å². The number of nitrogens with one attached hydrogen (secondary N) is 1. The third kappa shape index (κ3) is 3.96. The Balaban J connectivity index is 2.07. The number of benzene rings is 2. The molecule has 0 atom stereocenters. The summed E-state index contributed by atoms with van der Waals surface area (Å²) in [4.78, 5) is 28.7. The van der Waals surface area contributed by atoms with Crippen LogP contribution in [0.25, 0.3) is 0 Å². The predicted molar refractivity (Wildman–Crippen MR) is 107 cm³/mol. The van der Waals surface area contributed by atoms with Gasteiger partial charge in [-0.1, -0.05) is 24.3 Å².